The number of rotatable bonds is 8. The first-order valence-corrected chi connectivity index (χ1v) is 9.87. The van der Waals surface area contributed by atoms with Gasteiger partial charge >= 0.3 is 0 Å². The van der Waals surface area contributed by atoms with Crippen molar-refractivity contribution in [2.24, 2.45) is 0 Å². The van der Waals surface area contributed by atoms with Crippen LogP contribution in [0.25, 0.3) is 16.7 Å². The molecular formula is C25H29N3. The molecule has 0 atom stereocenters. The molecule has 28 heavy (non-hydrogen) atoms. The minimum Gasteiger partial charge on any atom is -0.384 e. The molecule has 0 saturated heterocycles. The van der Waals surface area contributed by atoms with Crippen molar-refractivity contribution < 1.29 is 0 Å². The summed E-state index contributed by atoms with van der Waals surface area (Å²) in [5.74, 6) is 0.559. The molecule has 2 aromatic carbocycles. The minimum atomic E-state index is 0.559. The molecule has 0 aliphatic heterocycles. The SMILES string of the molecule is C=C(CCc1ccc(N)nc1)c1ccc(-c2ccc(N(C)CCC)cc2)cc1. The molecule has 2 N–H and O–H groups in total. The second kappa shape index (κ2) is 9.23. The second-order valence-corrected chi connectivity index (χ2v) is 7.24. The Bertz CT molecular complexity index is 894. The zero-order chi connectivity index (χ0) is 19.9. The number of nitrogens with zero attached hydrogens (tertiary/aromatic N) is 2. The molecule has 0 fully saturated rings. The van der Waals surface area contributed by atoms with E-state index in [0.717, 1.165) is 31.4 Å². The molecule has 3 heteroatoms. The van der Waals surface area contributed by atoms with Crippen LogP contribution in [0.3, 0.4) is 0 Å². The lowest BCUT2D eigenvalue weighted by Crippen LogP contribution is -2.17. The monoisotopic (exact) mass is 371 g/mol. The molecule has 0 aliphatic carbocycles. The van der Waals surface area contributed by atoms with Crippen LogP contribution in [0.5, 0.6) is 0 Å². The van der Waals surface area contributed by atoms with E-state index in [2.05, 4.69) is 79.0 Å². The van der Waals surface area contributed by atoms with Gasteiger partial charge in [0.05, 0.1) is 0 Å². The van der Waals surface area contributed by atoms with Crippen LogP contribution >= 0.6 is 0 Å². The zero-order valence-electron chi connectivity index (χ0n) is 16.9. The number of nitrogen functional groups attached to an aromatic ring is 1. The van der Waals surface area contributed by atoms with Crippen molar-refractivity contribution in [3.63, 3.8) is 0 Å². The summed E-state index contributed by atoms with van der Waals surface area (Å²) in [6.07, 6.45) is 4.82. The van der Waals surface area contributed by atoms with Crippen LogP contribution < -0.4 is 10.6 Å². The molecule has 0 unspecified atom stereocenters. The van der Waals surface area contributed by atoms with Gasteiger partial charge in [0, 0.05) is 25.5 Å². The van der Waals surface area contributed by atoms with Crippen molar-refractivity contribution >= 4 is 17.1 Å². The Hall–Kier alpha value is -3.07. The van der Waals surface area contributed by atoms with Gasteiger partial charge in [-0.15, -0.1) is 0 Å². The molecule has 0 amide bonds. The molecule has 0 radical (unpaired) electrons. The summed E-state index contributed by atoms with van der Waals surface area (Å²) in [5, 5.41) is 0. The van der Waals surface area contributed by atoms with E-state index in [0.29, 0.717) is 5.82 Å². The minimum absolute atomic E-state index is 0.559. The second-order valence-electron chi connectivity index (χ2n) is 7.24. The summed E-state index contributed by atoms with van der Waals surface area (Å²) in [4.78, 5) is 6.43. The van der Waals surface area contributed by atoms with Gasteiger partial charge in [0.15, 0.2) is 0 Å². The zero-order valence-corrected chi connectivity index (χ0v) is 16.9. The Morgan fingerprint density at radius 1 is 0.964 bits per heavy atom. The summed E-state index contributed by atoms with van der Waals surface area (Å²) < 4.78 is 0. The lowest BCUT2D eigenvalue weighted by Gasteiger charge is -2.18. The molecule has 1 heterocycles. The highest BCUT2D eigenvalue weighted by atomic mass is 15.1. The highest BCUT2D eigenvalue weighted by molar-refractivity contribution is 5.70. The molecule has 0 aliphatic rings. The average molecular weight is 372 g/mol. The fourth-order valence-corrected chi connectivity index (χ4v) is 3.29. The van der Waals surface area contributed by atoms with E-state index >= 15 is 0 Å². The fourth-order valence-electron chi connectivity index (χ4n) is 3.29. The number of nitrogens with two attached hydrogens (primary N) is 1. The first-order valence-electron chi connectivity index (χ1n) is 9.87. The maximum atomic E-state index is 5.64. The van der Waals surface area contributed by atoms with Gasteiger partial charge in [0.2, 0.25) is 0 Å². The topological polar surface area (TPSA) is 42.1 Å². The van der Waals surface area contributed by atoms with Gasteiger partial charge in [-0.2, -0.15) is 0 Å². The standard InChI is InChI=1S/C25H29N3/c1-4-17-28(3)24-14-12-23(13-15-24)22-10-8-21(9-11-22)19(2)5-6-20-7-16-25(26)27-18-20/h7-16,18H,2,4-6,17H2,1,3H3,(H2,26,27). The molecule has 144 valence electrons. The Kier molecular flexibility index (Phi) is 6.49. The Morgan fingerprint density at radius 2 is 1.61 bits per heavy atom. The van der Waals surface area contributed by atoms with Crippen molar-refractivity contribution in [3.05, 3.63) is 84.6 Å². The molecule has 3 rings (SSSR count). The number of aromatic nitrogens is 1. The summed E-state index contributed by atoms with van der Waals surface area (Å²) in [6.45, 7) is 7.53. The van der Waals surface area contributed by atoms with E-state index in [1.54, 1.807) is 0 Å². The summed E-state index contributed by atoms with van der Waals surface area (Å²) in [7, 11) is 2.14. The molecule has 0 bridgehead atoms. The van der Waals surface area contributed by atoms with Crippen molar-refractivity contribution in [1.29, 1.82) is 0 Å². The third kappa shape index (κ3) is 5.01. The number of hydrogen-bond acceptors (Lipinski definition) is 3. The molecule has 0 saturated carbocycles. The Balaban J connectivity index is 1.62. The summed E-state index contributed by atoms with van der Waals surface area (Å²) >= 11 is 0. The molecular weight excluding hydrogens is 342 g/mol. The van der Waals surface area contributed by atoms with E-state index in [-0.39, 0.29) is 0 Å². The van der Waals surface area contributed by atoms with E-state index in [1.165, 1.54) is 27.9 Å². The first kappa shape index (κ1) is 19.7. The average Bonchev–Trinajstić information content (AvgIpc) is 2.73. The number of pyridine rings is 1. The fraction of sp³-hybridized carbons (Fsp3) is 0.240. The lowest BCUT2D eigenvalue weighted by molar-refractivity contribution is 0.852. The van der Waals surface area contributed by atoms with Gasteiger partial charge in [0.25, 0.3) is 0 Å². The third-order valence-corrected chi connectivity index (χ3v) is 5.06. The highest BCUT2D eigenvalue weighted by Gasteiger charge is 2.04. The van der Waals surface area contributed by atoms with Crippen LogP contribution in [0.1, 0.15) is 30.9 Å². The van der Waals surface area contributed by atoms with Crippen molar-refractivity contribution in [1.82, 2.24) is 4.98 Å². The number of hydrogen-bond donors (Lipinski definition) is 1. The van der Waals surface area contributed by atoms with E-state index < -0.39 is 0 Å². The molecule has 3 nitrogen and oxygen atoms in total. The normalized spacial score (nSPS) is 10.6. The smallest absolute Gasteiger partial charge is 0.123 e. The van der Waals surface area contributed by atoms with E-state index in [9.17, 15) is 0 Å². The van der Waals surface area contributed by atoms with Crippen LogP contribution in [0.15, 0.2) is 73.4 Å². The number of benzene rings is 2. The van der Waals surface area contributed by atoms with Gasteiger partial charge in [-0.05, 0) is 65.3 Å². The first-order chi connectivity index (χ1) is 13.6. The number of anilines is 2. The van der Waals surface area contributed by atoms with Gasteiger partial charge < -0.3 is 10.6 Å². The van der Waals surface area contributed by atoms with Crippen LogP contribution in [-0.2, 0) is 6.42 Å². The lowest BCUT2D eigenvalue weighted by atomic mass is 9.97. The van der Waals surface area contributed by atoms with Gasteiger partial charge in [-0.3, -0.25) is 0 Å². The summed E-state index contributed by atoms with van der Waals surface area (Å²) in [5.41, 5.74) is 12.9. The van der Waals surface area contributed by atoms with Gasteiger partial charge in [-0.25, -0.2) is 4.98 Å². The summed E-state index contributed by atoms with van der Waals surface area (Å²) in [6, 6.07) is 21.3. The van der Waals surface area contributed by atoms with Crippen LogP contribution in [0.2, 0.25) is 0 Å². The highest BCUT2D eigenvalue weighted by Crippen LogP contribution is 2.26. The van der Waals surface area contributed by atoms with Crippen LogP contribution in [-0.4, -0.2) is 18.6 Å². The van der Waals surface area contributed by atoms with Crippen molar-refractivity contribution in [2.45, 2.75) is 26.2 Å². The predicted octanol–water partition coefficient (Wildman–Crippen LogP) is 5.82. The number of allylic oxidation sites excluding steroid dienone is 1. The third-order valence-electron chi connectivity index (χ3n) is 5.06. The van der Waals surface area contributed by atoms with Gasteiger partial charge in [0.1, 0.15) is 5.82 Å². The van der Waals surface area contributed by atoms with E-state index in [4.69, 9.17) is 5.73 Å². The largest absolute Gasteiger partial charge is 0.384 e. The molecule has 1 aromatic heterocycles. The Morgan fingerprint density at radius 3 is 2.18 bits per heavy atom. The Labute approximate surface area is 168 Å². The maximum absolute atomic E-state index is 5.64. The quantitative estimate of drug-likeness (QED) is 0.542. The van der Waals surface area contributed by atoms with E-state index in [1.807, 2.05) is 18.3 Å². The van der Waals surface area contributed by atoms with Gasteiger partial charge in [-0.1, -0.05) is 56.0 Å². The van der Waals surface area contributed by atoms with Crippen molar-refractivity contribution in [3.8, 4) is 11.1 Å². The molecule has 3 aromatic rings. The van der Waals surface area contributed by atoms with Crippen LogP contribution in [0, 0.1) is 0 Å². The maximum Gasteiger partial charge on any atom is 0.123 e. The van der Waals surface area contributed by atoms with Crippen LogP contribution in [0.4, 0.5) is 11.5 Å². The number of aryl methyl sites for hydroxylation is 1. The predicted molar refractivity (Wildman–Crippen MR) is 121 cm³/mol. The molecule has 0 spiro atoms. The van der Waals surface area contributed by atoms with Crippen molar-refractivity contribution in [2.75, 3.05) is 24.2 Å².